The molecule has 1 aliphatic heterocycles. The third-order valence-corrected chi connectivity index (χ3v) is 4.24. The Balaban J connectivity index is 2.40. The van der Waals surface area contributed by atoms with Crippen molar-refractivity contribution in [3.8, 4) is 0 Å². The number of carbonyl (C=O) groups is 1. The Morgan fingerprint density at radius 2 is 1.80 bits per heavy atom. The van der Waals surface area contributed by atoms with Crippen LogP contribution in [0.2, 0.25) is 0 Å². The van der Waals surface area contributed by atoms with E-state index in [1.165, 1.54) is 4.90 Å². The molecule has 0 aromatic rings. The number of thioether (sulfide) groups is 1. The summed E-state index contributed by atoms with van der Waals surface area (Å²) in [6.07, 6.45) is -2.25. The van der Waals surface area contributed by atoms with Crippen molar-refractivity contribution in [1.82, 2.24) is 15.1 Å². The first-order valence-electron chi connectivity index (χ1n) is 6.61. The van der Waals surface area contributed by atoms with Crippen molar-refractivity contribution in [2.45, 2.75) is 32.1 Å². The standard InChI is InChI=1S/C12H22F3N3OS/c1-9(8-20-3)16-11(19)18-6-4-17(5-7-18)10(2)12(13,14)15/h9-10H,4-8H2,1-3H3,(H,16,19)/t9-,10-/m0/s1. The van der Waals surface area contributed by atoms with E-state index in [1.807, 2.05) is 13.2 Å². The van der Waals surface area contributed by atoms with Gasteiger partial charge in [-0.1, -0.05) is 0 Å². The van der Waals surface area contributed by atoms with E-state index in [2.05, 4.69) is 5.32 Å². The molecule has 0 saturated carbocycles. The first-order chi connectivity index (χ1) is 9.25. The van der Waals surface area contributed by atoms with E-state index in [0.29, 0.717) is 13.1 Å². The van der Waals surface area contributed by atoms with E-state index in [0.717, 1.165) is 12.7 Å². The third kappa shape index (κ3) is 5.05. The maximum Gasteiger partial charge on any atom is 0.403 e. The predicted octanol–water partition coefficient (Wildman–Crippen LogP) is 2.02. The molecular formula is C12H22F3N3OS. The highest BCUT2D eigenvalue weighted by atomic mass is 32.2. The molecule has 0 unspecified atom stereocenters. The molecule has 4 nitrogen and oxygen atoms in total. The Bertz CT molecular complexity index is 320. The average Bonchev–Trinajstić information content (AvgIpc) is 2.37. The number of amides is 2. The molecule has 0 radical (unpaired) electrons. The molecule has 1 rings (SSSR count). The smallest absolute Gasteiger partial charge is 0.335 e. The molecule has 1 aliphatic rings. The summed E-state index contributed by atoms with van der Waals surface area (Å²) in [6.45, 7) is 4.25. The summed E-state index contributed by atoms with van der Waals surface area (Å²) < 4.78 is 37.8. The summed E-state index contributed by atoms with van der Waals surface area (Å²) in [4.78, 5) is 14.9. The largest absolute Gasteiger partial charge is 0.403 e. The van der Waals surface area contributed by atoms with Crippen LogP contribution in [0.1, 0.15) is 13.8 Å². The van der Waals surface area contributed by atoms with Gasteiger partial charge in [0.25, 0.3) is 0 Å². The number of nitrogens with one attached hydrogen (secondary N) is 1. The summed E-state index contributed by atoms with van der Waals surface area (Å²) in [5.41, 5.74) is 0. The monoisotopic (exact) mass is 313 g/mol. The van der Waals surface area contributed by atoms with Gasteiger partial charge in [0.15, 0.2) is 0 Å². The Morgan fingerprint density at radius 3 is 2.25 bits per heavy atom. The Morgan fingerprint density at radius 1 is 1.25 bits per heavy atom. The minimum atomic E-state index is -4.21. The summed E-state index contributed by atoms with van der Waals surface area (Å²) in [7, 11) is 0. The fourth-order valence-electron chi connectivity index (χ4n) is 2.11. The number of halogens is 3. The second-order valence-electron chi connectivity index (χ2n) is 5.05. The van der Waals surface area contributed by atoms with E-state index in [1.54, 1.807) is 16.7 Å². The topological polar surface area (TPSA) is 35.6 Å². The van der Waals surface area contributed by atoms with E-state index in [4.69, 9.17) is 0 Å². The van der Waals surface area contributed by atoms with Crippen LogP contribution in [0, 0.1) is 0 Å². The summed E-state index contributed by atoms with van der Waals surface area (Å²) in [6, 6.07) is -1.58. The molecule has 2 amide bonds. The number of piperazine rings is 1. The van der Waals surface area contributed by atoms with Gasteiger partial charge >= 0.3 is 12.2 Å². The first-order valence-corrected chi connectivity index (χ1v) is 8.00. The van der Waals surface area contributed by atoms with Crippen LogP contribution in [0.5, 0.6) is 0 Å². The Labute approximate surface area is 122 Å². The fourth-order valence-corrected chi connectivity index (χ4v) is 2.70. The molecule has 1 heterocycles. The summed E-state index contributed by atoms with van der Waals surface area (Å²) >= 11 is 1.64. The Kier molecular flexibility index (Phi) is 6.44. The van der Waals surface area contributed by atoms with Crippen LogP contribution in [-0.4, -0.2) is 72.3 Å². The first kappa shape index (κ1) is 17.4. The summed E-state index contributed by atoms with van der Waals surface area (Å²) in [5, 5.41) is 2.85. The van der Waals surface area contributed by atoms with E-state index in [9.17, 15) is 18.0 Å². The number of carbonyl (C=O) groups excluding carboxylic acids is 1. The maximum absolute atomic E-state index is 12.6. The van der Waals surface area contributed by atoms with Gasteiger partial charge in [-0.2, -0.15) is 24.9 Å². The average molecular weight is 313 g/mol. The summed E-state index contributed by atoms with van der Waals surface area (Å²) in [5.74, 6) is 0.816. The number of rotatable bonds is 4. The quantitative estimate of drug-likeness (QED) is 0.862. The zero-order chi connectivity index (χ0) is 15.3. The third-order valence-electron chi connectivity index (χ3n) is 3.41. The molecule has 8 heteroatoms. The molecule has 1 N–H and O–H groups in total. The molecule has 0 spiro atoms. The lowest BCUT2D eigenvalue weighted by atomic mass is 10.2. The van der Waals surface area contributed by atoms with Crippen LogP contribution in [0.4, 0.5) is 18.0 Å². The highest BCUT2D eigenvalue weighted by molar-refractivity contribution is 7.98. The minimum Gasteiger partial charge on any atom is -0.335 e. The van der Waals surface area contributed by atoms with Gasteiger partial charge in [-0.15, -0.1) is 0 Å². The molecule has 2 atom stereocenters. The van der Waals surface area contributed by atoms with Crippen LogP contribution in [-0.2, 0) is 0 Å². The fraction of sp³-hybridized carbons (Fsp3) is 0.917. The zero-order valence-corrected chi connectivity index (χ0v) is 12.9. The maximum atomic E-state index is 12.6. The lowest BCUT2D eigenvalue weighted by Crippen LogP contribution is -2.57. The molecular weight excluding hydrogens is 291 g/mol. The van der Waals surface area contributed by atoms with Gasteiger partial charge in [-0.25, -0.2) is 4.79 Å². The molecule has 0 aromatic heterocycles. The SMILES string of the molecule is CSC[C@H](C)NC(=O)N1CCN([C@@H](C)C(F)(F)F)CC1. The molecule has 1 fully saturated rings. The van der Waals surface area contributed by atoms with Crippen molar-refractivity contribution in [2.75, 3.05) is 38.2 Å². The normalized spacial score (nSPS) is 20.6. The van der Waals surface area contributed by atoms with Crippen molar-refractivity contribution in [3.63, 3.8) is 0 Å². The minimum absolute atomic E-state index is 0.0598. The number of hydrogen-bond acceptors (Lipinski definition) is 3. The van der Waals surface area contributed by atoms with Crippen LogP contribution in [0.15, 0.2) is 0 Å². The number of alkyl halides is 3. The van der Waals surface area contributed by atoms with Crippen molar-refractivity contribution in [2.24, 2.45) is 0 Å². The Hall–Kier alpha value is -0.630. The van der Waals surface area contributed by atoms with Gasteiger partial charge in [-0.05, 0) is 20.1 Å². The molecule has 0 bridgehead atoms. The number of urea groups is 1. The zero-order valence-electron chi connectivity index (χ0n) is 12.0. The van der Waals surface area contributed by atoms with Crippen molar-refractivity contribution < 1.29 is 18.0 Å². The highest BCUT2D eigenvalue weighted by Crippen LogP contribution is 2.25. The van der Waals surface area contributed by atoms with Gasteiger partial charge in [0, 0.05) is 38.0 Å². The van der Waals surface area contributed by atoms with Crippen molar-refractivity contribution in [3.05, 3.63) is 0 Å². The van der Waals surface area contributed by atoms with Crippen LogP contribution < -0.4 is 5.32 Å². The van der Waals surface area contributed by atoms with Gasteiger partial charge < -0.3 is 10.2 Å². The number of hydrogen-bond donors (Lipinski definition) is 1. The van der Waals surface area contributed by atoms with E-state index >= 15 is 0 Å². The van der Waals surface area contributed by atoms with E-state index in [-0.39, 0.29) is 25.2 Å². The molecule has 0 aromatic carbocycles. The van der Waals surface area contributed by atoms with Crippen LogP contribution in [0.25, 0.3) is 0 Å². The molecule has 20 heavy (non-hydrogen) atoms. The lowest BCUT2D eigenvalue weighted by Gasteiger charge is -2.38. The lowest BCUT2D eigenvalue weighted by molar-refractivity contribution is -0.181. The number of nitrogens with zero attached hydrogens (tertiary/aromatic N) is 2. The van der Waals surface area contributed by atoms with Crippen molar-refractivity contribution in [1.29, 1.82) is 0 Å². The van der Waals surface area contributed by atoms with E-state index < -0.39 is 12.2 Å². The second-order valence-corrected chi connectivity index (χ2v) is 5.96. The van der Waals surface area contributed by atoms with Gasteiger partial charge in [0.05, 0.1) is 0 Å². The van der Waals surface area contributed by atoms with Gasteiger partial charge in [-0.3, -0.25) is 4.90 Å². The molecule has 118 valence electrons. The molecule has 0 aliphatic carbocycles. The van der Waals surface area contributed by atoms with Crippen LogP contribution >= 0.6 is 11.8 Å². The van der Waals surface area contributed by atoms with Crippen LogP contribution in [0.3, 0.4) is 0 Å². The highest BCUT2D eigenvalue weighted by Gasteiger charge is 2.41. The van der Waals surface area contributed by atoms with Gasteiger partial charge in [0.1, 0.15) is 6.04 Å². The van der Waals surface area contributed by atoms with Crippen molar-refractivity contribution >= 4 is 17.8 Å². The predicted molar refractivity (Wildman–Crippen MR) is 75.0 cm³/mol. The molecule has 1 saturated heterocycles. The second kappa shape index (κ2) is 7.40. The van der Waals surface area contributed by atoms with Gasteiger partial charge in [0.2, 0.25) is 0 Å².